The van der Waals surface area contributed by atoms with Gasteiger partial charge in [-0.25, -0.2) is 8.78 Å². The van der Waals surface area contributed by atoms with Crippen LogP contribution in [0.2, 0.25) is 0 Å². The van der Waals surface area contributed by atoms with Gasteiger partial charge in [0, 0.05) is 48.9 Å². The van der Waals surface area contributed by atoms with Crippen LogP contribution < -0.4 is 15.4 Å². The number of benzene rings is 2. The van der Waals surface area contributed by atoms with Crippen LogP contribution in [0.1, 0.15) is 37.3 Å². The number of thiophene rings is 1. The molecule has 0 bridgehead atoms. The minimum absolute atomic E-state index is 0.0324. The minimum Gasteiger partial charge on any atom is -0.467 e. The fraction of sp³-hybridized carbons (Fsp3) is 0.379. The van der Waals surface area contributed by atoms with Crippen LogP contribution in [0.3, 0.4) is 0 Å². The second-order valence-electron chi connectivity index (χ2n) is 10.5. The fourth-order valence-corrected chi connectivity index (χ4v) is 6.86. The highest BCUT2D eigenvalue weighted by molar-refractivity contribution is 7.23. The van der Waals surface area contributed by atoms with Gasteiger partial charge in [0.05, 0.1) is 22.9 Å². The zero-order chi connectivity index (χ0) is 31.4. The van der Waals surface area contributed by atoms with Crippen LogP contribution >= 0.6 is 11.3 Å². The normalized spacial score (nSPS) is 16.9. The Hall–Kier alpha value is -4.25. The van der Waals surface area contributed by atoms with Gasteiger partial charge in [-0.05, 0) is 43.9 Å². The zero-order valence-electron chi connectivity index (χ0n) is 23.6. The number of nitrogens with zero attached hydrogens (tertiary/aromatic N) is 5. The highest BCUT2D eigenvalue weighted by Crippen LogP contribution is 2.48. The Morgan fingerprint density at radius 3 is 2.56 bits per heavy atom. The van der Waals surface area contributed by atoms with E-state index in [9.17, 15) is 27.6 Å². The largest absolute Gasteiger partial charge is 0.467 e. The zero-order valence-corrected chi connectivity index (χ0v) is 24.5. The first-order valence-corrected chi connectivity index (χ1v) is 14.2. The molecule has 0 saturated heterocycles. The number of carbonyl (C=O) groups excluding carboxylic acids is 1. The monoisotopic (exact) mass is 618 g/mol. The Bertz CT molecular complexity index is 1800. The van der Waals surface area contributed by atoms with Crippen molar-refractivity contribution < 1.29 is 31.5 Å². The molecule has 1 aliphatic carbocycles. The molecule has 5 rings (SSSR count). The summed E-state index contributed by atoms with van der Waals surface area (Å²) in [5.74, 6) is -2.43. The maximum absolute atomic E-state index is 16.6. The number of anilines is 2. The Kier molecular flexibility index (Phi) is 7.81. The van der Waals surface area contributed by atoms with Crippen molar-refractivity contribution in [3.05, 3.63) is 41.0 Å². The number of halogens is 5. The Morgan fingerprint density at radius 1 is 1.23 bits per heavy atom. The van der Waals surface area contributed by atoms with Gasteiger partial charge in [-0.3, -0.25) is 4.79 Å². The van der Waals surface area contributed by atoms with E-state index in [0.717, 1.165) is 18.2 Å². The van der Waals surface area contributed by atoms with E-state index >= 15 is 4.39 Å². The topological polar surface area (TPSA) is 108 Å². The van der Waals surface area contributed by atoms with Crippen molar-refractivity contribution >= 4 is 49.1 Å². The molecule has 43 heavy (non-hydrogen) atoms. The summed E-state index contributed by atoms with van der Waals surface area (Å²) >= 11 is 0.692. The molecule has 1 aliphatic rings. The molecule has 1 fully saturated rings. The summed E-state index contributed by atoms with van der Waals surface area (Å²) in [6, 6.07) is 3.96. The maximum Gasteiger partial charge on any atom is 0.417 e. The van der Waals surface area contributed by atoms with Crippen molar-refractivity contribution in [1.29, 1.82) is 5.26 Å². The first-order chi connectivity index (χ1) is 20.3. The summed E-state index contributed by atoms with van der Waals surface area (Å²) in [5.41, 5.74) is 2.61. The lowest BCUT2D eigenvalue weighted by Gasteiger charge is -2.30. The molecule has 2 heterocycles. The molecule has 14 heteroatoms. The third-order valence-electron chi connectivity index (χ3n) is 7.83. The van der Waals surface area contributed by atoms with Crippen molar-refractivity contribution in [3.8, 4) is 23.2 Å². The highest BCUT2D eigenvalue weighted by atomic mass is 32.1. The Morgan fingerprint density at radius 2 is 1.95 bits per heavy atom. The number of nitrogen functional groups attached to an aromatic ring is 1. The van der Waals surface area contributed by atoms with E-state index < -0.39 is 34.5 Å². The molecule has 0 radical (unpaired) electrons. The number of amides is 1. The van der Waals surface area contributed by atoms with Gasteiger partial charge in [0.2, 0.25) is 5.91 Å². The van der Waals surface area contributed by atoms with E-state index in [0.29, 0.717) is 37.1 Å². The van der Waals surface area contributed by atoms with Crippen LogP contribution in [0.4, 0.5) is 32.8 Å². The number of hydrogen-bond donors (Lipinski definition) is 1. The predicted octanol–water partition coefficient (Wildman–Crippen LogP) is 6.35. The van der Waals surface area contributed by atoms with Crippen molar-refractivity contribution in [2.75, 3.05) is 38.4 Å². The SMILES string of the molecule is CCN(c1nc(OC)nc2c(F)c(-c3ccc(F)c4sc(N)c(C#N)c34)c(C(F)(F)F)cc12)C1CCC(C(=O)N(C)C)C1. The fourth-order valence-electron chi connectivity index (χ4n) is 5.91. The van der Waals surface area contributed by atoms with Gasteiger partial charge >= 0.3 is 12.2 Å². The van der Waals surface area contributed by atoms with Crippen LogP contribution in [0.15, 0.2) is 18.2 Å². The van der Waals surface area contributed by atoms with Gasteiger partial charge in [-0.1, -0.05) is 6.07 Å². The smallest absolute Gasteiger partial charge is 0.417 e. The predicted molar refractivity (Wildman–Crippen MR) is 154 cm³/mol. The molecule has 2 aromatic heterocycles. The van der Waals surface area contributed by atoms with Gasteiger partial charge in [0.25, 0.3) is 0 Å². The quantitative estimate of drug-likeness (QED) is 0.251. The summed E-state index contributed by atoms with van der Waals surface area (Å²) in [6.45, 7) is 2.09. The van der Waals surface area contributed by atoms with Gasteiger partial charge in [0.1, 0.15) is 28.2 Å². The summed E-state index contributed by atoms with van der Waals surface area (Å²) in [5, 5.41) is 9.16. The molecule has 1 saturated carbocycles. The molecule has 0 aliphatic heterocycles. The lowest BCUT2D eigenvalue weighted by molar-refractivity contribution is -0.137. The van der Waals surface area contributed by atoms with Crippen LogP contribution in [0.25, 0.3) is 32.1 Å². The average molecular weight is 619 g/mol. The van der Waals surface area contributed by atoms with E-state index in [1.54, 1.807) is 32.0 Å². The van der Waals surface area contributed by atoms with Crippen molar-refractivity contribution in [2.45, 2.75) is 38.4 Å². The van der Waals surface area contributed by atoms with Gasteiger partial charge in [0.15, 0.2) is 5.82 Å². The molecule has 2 atom stereocenters. The number of methoxy groups -OCH3 is 1. The number of aromatic nitrogens is 2. The number of hydrogen-bond acceptors (Lipinski definition) is 8. The van der Waals surface area contributed by atoms with Crippen molar-refractivity contribution in [3.63, 3.8) is 0 Å². The molecule has 2 unspecified atom stereocenters. The van der Waals surface area contributed by atoms with Gasteiger partial charge < -0.3 is 20.3 Å². The number of nitriles is 1. The molecule has 4 aromatic rings. The summed E-state index contributed by atoms with van der Waals surface area (Å²) in [6.07, 6.45) is -3.47. The standard InChI is InChI=1S/C29H27F5N6O2S/c1-5-40(14-7-6-13(10-14)27(41)39(2)3)26-16-11-18(29(32,33)34)21(22(31)23(16)37-28(38-26)42-4)15-8-9-19(30)24-20(15)17(12-35)25(36)43-24/h8-9,11,13-14H,5-7,10,36H2,1-4H3. The number of fused-ring (bicyclic) bond motifs is 2. The highest BCUT2D eigenvalue weighted by Gasteiger charge is 2.40. The lowest BCUT2D eigenvalue weighted by Crippen LogP contribution is -2.36. The van der Waals surface area contributed by atoms with Crippen LogP contribution in [0, 0.1) is 28.9 Å². The second kappa shape index (κ2) is 11.1. The molecule has 226 valence electrons. The van der Waals surface area contributed by atoms with E-state index in [1.807, 2.05) is 0 Å². The minimum atomic E-state index is -5.07. The van der Waals surface area contributed by atoms with E-state index in [-0.39, 0.29) is 61.3 Å². The average Bonchev–Trinajstić information content (AvgIpc) is 3.58. The molecule has 1 amide bonds. The summed E-state index contributed by atoms with van der Waals surface area (Å²) < 4.78 is 80.6. The number of rotatable bonds is 6. The third kappa shape index (κ3) is 5.05. The van der Waals surface area contributed by atoms with Crippen LogP contribution in [-0.2, 0) is 11.0 Å². The van der Waals surface area contributed by atoms with E-state index in [4.69, 9.17) is 10.5 Å². The molecule has 0 spiro atoms. The molecule has 2 aromatic carbocycles. The van der Waals surface area contributed by atoms with Crippen molar-refractivity contribution in [2.24, 2.45) is 5.92 Å². The number of carbonyl (C=O) groups is 1. The Labute approximate surface area is 247 Å². The lowest BCUT2D eigenvalue weighted by atomic mass is 9.92. The number of nitrogens with two attached hydrogens (primary N) is 1. The first-order valence-electron chi connectivity index (χ1n) is 13.4. The van der Waals surface area contributed by atoms with E-state index in [1.165, 1.54) is 12.0 Å². The Balaban J connectivity index is 1.80. The molecular weight excluding hydrogens is 591 g/mol. The molecule has 2 N–H and O–H groups in total. The second-order valence-corrected chi connectivity index (χ2v) is 11.5. The van der Waals surface area contributed by atoms with E-state index in [2.05, 4.69) is 9.97 Å². The first kappa shape index (κ1) is 30.2. The molecule has 8 nitrogen and oxygen atoms in total. The summed E-state index contributed by atoms with van der Waals surface area (Å²) in [4.78, 5) is 24.3. The third-order valence-corrected chi connectivity index (χ3v) is 8.85. The number of ether oxygens (including phenoxy) is 1. The summed E-state index contributed by atoms with van der Waals surface area (Å²) in [7, 11) is 4.57. The van der Waals surface area contributed by atoms with Crippen molar-refractivity contribution in [1.82, 2.24) is 14.9 Å². The number of alkyl halides is 3. The van der Waals surface area contributed by atoms with Crippen LogP contribution in [0.5, 0.6) is 6.01 Å². The maximum atomic E-state index is 16.6. The van der Waals surface area contributed by atoms with Gasteiger partial charge in [-0.2, -0.15) is 28.4 Å². The molecular formula is C29H27F5N6O2S. The van der Waals surface area contributed by atoms with Gasteiger partial charge in [-0.15, -0.1) is 11.3 Å². The van der Waals surface area contributed by atoms with Crippen LogP contribution in [-0.4, -0.2) is 54.6 Å².